The minimum atomic E-state index is -0.0104. The molecule has 5 heteroatoms. The number of hydrogen-bond donors (Lipinski definition) is 1. The molecule has 2 aromatic rings. The van der Waals surface area contributed by atoms with Crippen LogP contribution in [0.15, 0.2) is 35.4 Å². The van der Waals surface area contributed by atoms with Gasteiger partial charge in [-0.25, -0.2) is 0 Å². The average Bonchev–Trinajstić information content (AvgIpc) is 2.70. The van der Waals surface area contributed by atoms with Crippen molar-refractivity contribution >= 4 is 5.69 Å². The molecule has 0 amide bonds. The Morgan fingerprint density at radius 3 is 2.65 bits per heavy atom. The van der Waals surface area contributed by atoms with Crippen molar-refractivity contribution in [2.24, 2.45) is 14.1 Å². The molecule has 0 bridgehead atoms. The van der Waals surface area contributed by atoms with Crippen LogP contribution in [0.1, 0.15) is 18.7 Å². The van der Waals surface area contributed by atoms with E-state index >= 15 is 0 Å². The first-order chi connectivity index (χ1) is 8.08. The van der Waals surface area contributed by atoms with E-state index in [0.29, 0.717) is 0 Å². The Labute approximate surface area is 99.7 Å². The Morgan fingerprint density at radius 2 is 2.06 bits per heavy atom. The second-order valence-corrected chi connectivity index (χ2v) is 4.11. The molecule has 0 aliphatic rings. The predicted molar refractivity (Wildman–Crippen MR) is 66.9 cm³/mol. The number of aryl methyl sites for hydroxylation is 2. The molecule has 0 aliphatic heterocycles. The molecule has 0 saturated heterocycles. The lowest BCUT2D eigenvalue weighted by molar-refractivity contribution is 0.675. The predicted octanol–water partition coefficient (Wildman–Crippen LogP) is 1.29. The van der Waals surface area contributed by atoms with E-state index in [-0.39, 0.29) is 11.6 Å². The van der Waals surface area contributed by atoms with E-state index in [2.05, 4.69) is 17.3 Å². The van der Waals surface area contributed by atoms with Crippen molar-refractivity contribution in [3.8, 4) is 0 Å². The number of pyridine rings is 1. The van der Waals surface area contributed by atoms with Gasteiger partial charge in [0, 0.05) is 32.6 Å². The van der Waals surface area contributed by atoms with Crippen LogP contribution in [0.25, 0.3) is 0 Å². The fraction of sp³-hybridized carbons (Fsp3) is 0.333. The van der Waals surface area contributed by atoms with Crippen LogP contribution in [0.5, 0.6) is 0 Å². The molecule has 0 aliphatic carbocycles. The summed E-state index contributed by atoms with van der Waals surface area (Å²) in [6.45, 7) is 2.06. The summed E-state index contributed by atoms with van der Waals surface area (Å²) < 4.78 is 3.39. The zero-order valence-electron chi connectivity index (χ0n) is 10.2. The van der Waals surface area contributed by atoms with Gasteiger partial charge in [0.1, 0.15) is 0 Å². The summed E-state index contributed by atoms with van der Waals surface area (Å²) in [4.78, 5) is 11.3. The van der Waals surface area contributed by atoms with Gasteiger partial charge in [0.2, 0.25) is 5.56 Å². The minimum Gasteiger partial charge on any atom is -0.376 e. The van der Waals surface area contributed by atoms with E-state index in [4.69, 9.17) is 0 Å². The third-order valence-corrected chi connectivity index (χ3v) is 2.77. The van der Waals surface area contributed by atoms with Crippen molar-refractivity contribution in [2.75, 3.05) is 5.32 Å². The van der Waals surface area contributed by atoms with Gasteiger partial charge < -0.3 is 9.88 Å². The Morgan fingerprint density at radius 1 is 1.29 bits per heavy atom. The minimum absolute atomic E-state index is 0.0104. The van der Waals surface area contributed by atoms with Gasteiger partial charge in [-0.1, -0.05) is 0 Å². The van der Waals surface area contributed by atoms with Gasteiger partial charge in [-0.15, -0.1) is 0 Å². The van der Waals surface area contributed by atoms with E-state index < -0.39 is 0 Å². The van der Waals surface area contributed by atoms with Crippen LogP contribution >= 0.6 is 0 Å². The highest BCUT2D eigenvalue weighted by Crippen LogP contribution is 2.16. The second-order valence-electron chi connectivity index (χ2n) is 4.11. The van der Waals surface area contributed by atoms with Crippen LogP contribution in [0.3, 0.4) is 0 Å². The molecule has 17 heavy (non-hydrogen) atoms. The Kier molecular flexibility index (Phi) is 2.99. The first kappa shape index (κ1) is 11.4. The summed E-state index contributed by atoms with van der Waals surface area (Å²) in [7, 11) is 3.65. The molecule has 2 heterocycles. The summed E-state index contributed by atoms with van der Waals surface area (Å²) in [5, 5.41) is 7.47. The lowest BCUT2D eigenvalue weighted by atomic mass is 10.2. The molecule has 0 radical (unpaired) electrons. The Bertz CT molecular complexity index is 570. The van der Waals surface area contributed by atoms with Gasteiger partial charge in [0.15, 0.2) is 0 Å². The number of anilines is 1. The lowest BCUT2D eigenvalue weighted by Gasteiger charge is -2.15. The number of nitrogens with zero attached hydrogens (tertiary/aromatic N) is 3. The largest absolute Gasteiger partial charge is 0.376 e. The molecule has 1 unspecified atom stereocenters. The van der Waals surface area contributed by atoms with Gasteiger partial charge in [-0.3, -0.25) is 9.48 Å². The van der Waals surface area contributed by atoms with Crippen molar-refractivity contribution < 1.29 is 0 Å². The maximum Gasteiger partial charge on any atom is 0.250 e. The van der Waals surface area contributed by atoms with Crippen LogP contribution in [0.2, 0.25) is 0 Å². The van der Waals surface area contributed by atoms with Gasteiger partial charge >= 0.3 is 0 Å². The van der Waals surface area contributed by atoms with Crippen LogP contribution in [0, 0.1) is 0 Å². The smallest absolute Gasteiger partial charge is 0.250 e. The molecule has 2 rings (SSSR count). The number of aromatic nitrogens is 3. The summed E-state index contributed by atoms with van der Waals surface area (Å²) in [5.41, 5.74) is 2.00. The quantitative estimate of drug-likeness (QED) is 0.867. The lowest BCUT2D eigenvalue weighted by Crippen LogP contribution is -2.17. The Balaban J connectivity index is 2.18. The van der Waals surface area contributed by atoms with Gasteiger partial charge in [0.05, 0.1) is 17.4 Å². The van der Waals surface area contributed by atoms with Gasteiger partial charge in [0.25, 0.3) is 0 Å². The highest BCUT2D eigenvalue weighted by atomic mass is 16.1. The van der Waals surface area contributed by atoms with Crippen molar-refractivity contribution in [1.29, 1.82) is 0 Å². The molecule has 1 atom stereocenters. The molecule has 90 valence electrons. The molecule has 0 fully saturated rings. The van der Waals surface area contributed by atoms with Gasteiger partial charge in [-0.2, -0.15) is 5.10 Å². The highest BCUT2D eigenvalue weighted by molar-refractivity contribution is 5.42. The fourth-order valence-corrected chi connectivity index (χ4v) is 1.81. The molecule has 5 nitrogen and oxygen atoms in total. The fourth-order valence-electron chi connectivity index (χ4n) is 1.81. The summed E-state index contributed by atoms with van der Waals surface area (Å²) in [5.74, 6) is 0. The summed E-state index contributed by atoms with van der Waals surface area (Å²) in [6, 6.07) is 5.45. The topological polar surface area (TPSA) is 51.9 Å². The third kappa shape index (κ3) is 2.38. The SMILES string of the molecule is CC(Nc1ccc(=O)n(C)c1)c1ccnn1C. The molecule has 0 spiro atoms. The van der Waals surface area contributed by atoms with E-state index in [9.17, 15) is 4.79 Å². The van der Waals surface area contributed by atoms with Crippen molar-refractivity contribution in [3.05, 3.63) is 46.6 Å². The monoisotopic (exact) mass is 232 g/mol. The number of rotatable bonds is 3. The number of hydrogen-bond acceptors (Lipinski definition) is 3. The molecule has 2 aromatic heterocycles. The molecule has 0 saturated carbocycles. The van der Waals surface area contributed by atoms with E-state index in [1.165, 1.54) is 0 Å². The maximum atomic E-state index is 11.3. The van der Waals surface area contributed by atoms with Crippen molar-refractivity contribution in [3.63, 3.8) is 0 Å². The number of nitrogens with one attached hydrogen (secondary N) is 1. The van der Waals surface area contributed by atoms with E-state index in [1.807, 2.05) is 17.8 Å². The van der Waals surface area contributed by atoms with Crippen molar-refractivity contribution in [1.82, 2.24) is 14.3 Å². The van der Waals surface area contributed by atoms with Crippen LogP contribution in [0.4, 0.5) is 5.69 Å². The zero-order valence-corrected chi connectivity index (χ0v) is 10.2. The first-order valence-electron chi connectivity index (χ1n) is 5.49. The van der Waals surface area contributed by atoms with Crippen molar-refractivity contribution in [2.45, 2.75) is 13.0 Å². The molecular formula is C12H16N4O. The normalized spacial score (nSPS) is 12.4. The molecular weight excluding hydrogens is 216 g/mol. The standard InChI is InChI=1S/C12H16N4O/c1-9(11-6-7-13-16(11)3)14-10-4-5-12(17)15(2)8-10/h4-9,14H,1-3H3. The van der Waals surface area contributed by atoms with E-state index in [1.54, 1.807) is 36.1 Å². The van der Waals surface area contributed by atoms with E-state index in [0.717, 1.165) is 11.4 Å². The second kappa shape index (κ2) is 4.45. The molecule has 0 aromatic carbocycles. The zero-order chi connectivity index (χ0) is 12.4. The van der Waals surface area contributed by atoms with Gasteiger partial charge in [-0.05, 0) is 19.1 Å². The average molecular weight is 232 g/mol. The molecule has 1 N–H and O–H groups in total. The third-order valence-electron chi connectivity index (χ3n) is 2.77. The summed E-state index contributed by atoms with van der Waals surface area (Å²) in [6.07, 6.45) is 3.56. The van der Waals surface area contributed by atoms with Crippen LogP contribution in [-0.2, 0) is 14.1 Å². The first-order valence-corrected chi connectivity index (χ1v) is 5.49. The van der Waals surface area contributed by atoms with Crippen LogP contribution < -0.4 is 10.9 Å². The highest BCUT2D eigenvalue weighted by Gasteiger charge is 2.09. The maximum absolute atomic E-state index is 11.3. The van der Waals surface area contributed by atoms with Crippen LogP contribution in [-0.4, -0.2) is 14.3 Å². The Hall–Kier alpha value is -2.04. The summed E-state index contributed by atoms with van der Waals surface area (Å²) >= 11 is 0.